The van der Waals surface area contributed by atoms with Crippen LogP contribution in [0.4, 0.5) is 0 Å². The van der Waals surface area contributed by atoms with E-state index in [0.717, 1.165) is 19.3 Å². The molecule has 23 heavy (non-hydrogen) atoms. The summed E-state index contributed by atoms with van der Waals surface area (Å²) in [6.07, 6.45) is 10.4. The highest BCUT2D eigenvalue weighted by atomic mass is 16.5. The maximum Gasteiger partial charge on any atom is 0.310 e. The van der Waals surface area contributed by atoms with Gasteiger partial charge in [-0.2, -0.15) is 0 Å². The van der Waals surface area contributed by atoms with Crippen molar-refractivity contribution in [3.8, 4) is 0 Å². The third kappa shape index (κ3) is 6.52. The highest BCUT2D eigenvalue weighted by Crippen LogP contribution is 2.42. The summed E-state index contributed by atoms with van der Waals surface area (Å²) in [5, 5.41) is 9.34. The zero-order chi connectivity index (χ0) is 17.2. The number of carboxylic acids is 1. The van der Waals surface area contributed by atoms with Crippen molar-refractivity contribution in [2.24, 2.45) is 23.7 Å². The molecule has 0 aromatic rings. The second-order valence-corrected chi connectivity index (χ2v) is 7.22. The zero-order valence-electron chi connectivity index (χ0n) is 15.1. The van der Waals surface area contributed by atoms with Crippen LogP contribution in [-0.2, 0) is 14.3 Å². The molecule has 0 aliphatic heterocycles. The number of carbonyl (C=O) groups excluding carboxylic acids is 1. The Morgan fingerprint density at radius 2 is 1.43 bits per heavy atom. The summed E-state index contributed by atoms with van der Waals surface area (Å²) in [5.41, 5.74) is 0. The number of esters is 1. The van der Waals surface area contributed by atoms with Gasteiger partial charge in [-0.1, -0.05) is 65.7 Å². The second kappa shape index (κ2) is 10.7. The van der Waals surface area contributed by atoms with E-state index in [1.165, 1.54) is 38.5 Å². The first-order valence-corrected chi connectivity index (χ1v) is 9.38. The van der Waals surface area contributed by atoms with Gasteiger partial charge in [0.2, 0.25) is 0 Å². The molecule has 1 saturated carbocycles. The van der Waals surface area contributed by atoms with Crippen molar-refractivity contribution in [2.45, 2.75) is 78.6 Å². The summed E-state index contributed by atoms with van der Waals surface area (Å²) in [6.45, 7) is 6.52. The van der Waals surface area contributed by atoms with E-state index in [9.17, 15) is 14.7 Å². The lowest BCUT2D eigenvalue weighted by atomic mass is 9.88. The first-order valence-electron chi connectivity index (χ1n) is 9.38. The van der Waals surface area contributed by atoms with Crippen LogP contribution in [0.15, 0.2) is 0 Å². The van der Waals surface area contributed by atoms with E-state index in [1.54, 1.807) is 0 Å². The van der Waals surface area contributed by atoms with Gasteiger partial charge < -0.3 is 9.84 Å². The second-order valence-electron chi connectivity index (χ2n) is 7.22. The van der Waals surface area contributed by atoms with Crippen molar-refractivity contribution < 1.29 is 19.4 Å². The summed E-state index contributed by atoms with van der Waals surface area (Å²) in [5.74, 6) is -2.10. The minimum atomic E-state index is -0.865. The normalized spacial score (nSPS) is 27.1. The molecule has 1 aliphatic carbocycles. The Bertz CT molecular complexity index is 366. The summed E-state index contributed by atoms with van der Waals surface area (Å²) >= 11 is 0. The van der Waals surface area contributed by atoms with Gasteiger partial charge in [0.15, 0.2) is 0 Å². The lowest BCUT2D eigenvalue weighted by Gasteiger charge is -2.19. The van der Waals surface area contributed by atoms with Crippen molar-refractivity contribution in [3.63, 3.8) is 0 Å². The van der Waals surface area contributed by atoms with Crippen molar-refractivity contribution >= 4 is 11.9 Å². The minimum Gasteiger partial charge on any atom is -0.481 e. The Kier molecular flexibility index (Phi) is 9.27. The molecule has 1 fully saturated rings. The highest BCUT2D eigenvalue weighted by Gasteiger charge is 2.47. The molecule has 1 aliphatic rings. The van der Waals surface area contributed by atoms with Gasteiger partial charge in [-0.25, -0.2) is 0 Å². The molecule has 0 aromatic carbocycles. The third-order valence-electron chi connectivity index (χ3n) is 5.16. The van der Waals surface area contributed by atoms with Gasteiger partial charge in [0.1, 0.15) is 0 Å². The highest BCUT2D eigenvalue weighted by molar-refractivity contribution is 5.82. The molecule has 1 rings (SSSR count). The Morgan fingerprint density at radius 3 is 2.00 bits per heavy atom. The van der Waals surface area contributed by atoms with E-state index in [4.69, 9.17) is 4.74 Å². The molecule has 0 amide bonds. The smallest absolute Gasteiger partial charge is 0.310 e. The van der Waals surface area contributed by atoms with Crippen LogP contribution < -0.4 is 0 Å². The largest absolute Gasteiger partial charge is 0.481 e. The van der Waals surface area contributed by atoms with E-state index < -0.39 is 17.8 Å². The number of rotatable bonds is 11. The number of hydrogen-bond donors (Lipinski definition) is 1. The van der Waals surface area contributed by atoms with Crippen molar-refractivity contribution in [1.82, 2.24) is 0 Å². The van der Waals surface area contributed by atoms with Gasteiger partial charge in [0.05, 0.1) is 18.4 Å². The molecule has 0 saturated heterocycles. The first kappa shape index (κ1) is 20.0. The maximum atomic E-state index is 12.2. The number of ether oxygens (including phenoxy) is 1. The van der Waals surface area contributed by atoms with Gasteiger partial charge in [-0.05, 0) is 24.7 Å². The Morgan fingerprint density at radius 1 is 0.913 bits per heavy atom. The summed E-state index contributed by atoms with van der Waals surface area (Å²) in [7, 11) is 0. The van der Waals surface area contributed by atoms with Gasteiger partial charge >= 0.3 is 11.9 Å². The lowest BCUT2D eigenvalue weighted by Crippen LogP contribution is -2.32. The van der Waals surface area contributed by atoms with Crippen LogP contribution in [0.2, 0.25) is 0 Å². The Labute approximate surface area is 141 Å². The molecule has 0 aromatic heterocycles. The van der Waals surface area contributed by atoms with Crippen LogP contribution in [0, 0.1) is 23.7 Å². The zero-order valence-corrected chi connectivity index (χ0v) is 15.1. The molecule has 4 nitrogen and oxygen atoms in total. The molecule has 4 unspecified atom stereocenters. The quantitative estimate of drug-likeness (QED) is 0.443. The monoisotopic (exact) mass is 326 g/mol. The maximum absolute atomic E-state index is 12.2. The van der Waals surface area contributed by atoms with Crippen LogP contribution >= 0.6 is 0 Å². The van der Waals surface area contributed by atoms with E-state index in [0.29, 0.717) is 6.61 Å². The Balaban J connectivity index is 2.19. The third-order valence-corrected chi connectivity index (χ3v) is 5.16. The van der Waals surface area contributed by atoms with Crippen LogP contribution in [0.3, 0.4) is 0 Å². The van der Waals surface area contributed by atoms with E-state index in [-0.39, 0.29) is 17.8 Å². The number of aliphatic carboxylic acids is 1. The predicted octanol–water partition coefficient (Wildman–Crippen LogP) is 4.66. The van der Waals surface area contributed by atoms with Gasteiger partial charge in [0.25, 0.3) is 0 Å². The predicted molar refractivity (Wildman–Crippen MR) is 91.1 cm³/mol. The van der Waals surface area contributed by atoms with Crippen LogP contribution in [0.25, 0.3) is 0 Å². The number of carboxylic acid groups (broad SMARTS) is 1. The molecule has 134 valence electrons. The SMILES string of the molecule is CCCCCCCCCCOC(=O)C1C(C)CC(C)C1C(=O)O. The van der Waals surface area contributed by atoms with Gasteiger partial charge in [-0.15, -0.1) is 0 Å². The summed E-state index contributed by atoms with van der Waals surface area (Å²) in [4.78, 5) is 23.6. The van der Waals surface area contributed by atoms with E-state index >= 15 is 0 Å². The van der Waals surface area contributed by atoms with E-state index in [2.05, 4.69) is 6.92 Å². The van der Waals surface area contributed by atoms with Crippen LogP contribution in [0.1, 0.15) is 78.6 Å². The standard InChI is InChI=1S/C19H34O4/c1-4-5-6-7-8-9-10-11-12-23-19(22)17-15(3)13-14(2)16(17)18(20)21/h14-17H,4-13H2,1-3H3,(H,20,21). The molecular weight excluding hydrogens is 292 g/mol. The number of hydrogen-bond acceptors (Lipinski definition) is 3. The van der Waals surface area contributed by atoms with Crippen molar-refractivity contribution in [3.05, 3.63) is 0 Å². The fraction of sp³-hybridized carbons (Fsp3) is 0.895. The van der Waals surface area contributed by atoms with E-state index in [1.807, 2.05) is 13.8 Å². The Hall–Kier alpha value is -1.06. The number of carbonyl (C=O) groups is 2. The van der Waals surface area contributed by atoms with Gasteiger partial charge in [0, 0.05) is 0 Å². The average molecular weight is 326 g/mol. The molecule has 1 N–H and O–H groups in total. The molecule has 4 heteroatoms. The molecule has 0 bridgehead atoms. The topological polar surface area (TPSA) is 63.6 Å². The lowest BCUT2D eigenvalue weighted by molar-refractivity contribution is -0.158. The first-order chi connectivity index (χ1) is 11.0. The van der Waals surface area contributed by atoms with Crippen LogP contribution in [-0.4, -0.2) is 23.7 Å². The van der Waals surface area contributed by atoms with Crippen molar-refractivity contribution in [2.75, 3.05) is 6.61 Å². The average Bonchev–Trinajstić information content (AvgIpc) is 2.80. The number of unbranched alkanes of at least 4 members (excludes halogenated alkanes) is 7. The molecule has 0 spiro atoms. The molecular formula is C19H34O4. The summed E-state index contributed by atoms with van der Waals surface area (Å²) < 4.78 is 5.37. The molecule has 0 radical (unpaired) electrons. The molecule has 0 heterocycles. The van der Waals surface area contributed by atoms with Crippen molar-refractivity contribution in [1.29, 1.82) is 0 Å². The fourth-order valence-corrected chi connectivity index (χ4v) is 3.87. The molecule has 4 atom stereocenters. The van der Waals surface area contributed by atoms with Crippen LogP contribution in [0.5, 0.6) is 0 Å². The minimum absolute atomic E-state index is 0.0446. The van der Waals surface area contributed by atoms with Gasteiger partial charge in [-0.3, -0.25) is 9.59 Å². The summed E-state index contributed by atoms with van der Waals surface area (Å²) in [6, 6.07) is 0. The fourth-order valence-electron chi connectivity index (χ4n) is 3.87.